The quantitative estimate of drug-likeness (QED) is 0.682. The van der Waals surface area contributed by atoms with Gasteiger partial charge < -0.3 is 5.32 Å². The normalized spacial score (nSPS) is 23.2. The van der Waals surface area contributed by atoms with Gasteiger partial charge in [0.2, 0.25) is 0 Å². The molecule has 0 unspecified atom stereocenters. The Balaban J connectivity index is 2.18. The summed E-state index contributed by atoms with van der Waals surface area (Å²) in [5.41, 5.74) is 3.28. The number of nitrogens with one attached hydrogen (secondary N) is 1. The molecule has 0 bridgehead atoms. The highest BCUT2D eigenvalue weighted by Gasteiger charge is 2.18. The lowest BCUT2D eigenvalue weighted by atomic mass is 9.98. The number of rotatable bonds is 1. The van der Waals surface area contributed by atoms with Crippen LogP contribution in [0.25, 0.3) is 0 Å². The Morgan fingerprint density at radius 3 is 3.45 bits per heavy atom. The molecule has 0 saturated carbocycles. The fourth-order valence-electron chi connectivity index (χ4n) is 1.55. The van der Waals surface area contributed by atoms with Crippen LogP contribution in [0.3, 0.4) is 0 Å². The monoisotopic (exact) mass is 168 g/mol. The van der Waals surface area contributed by atoms with Crippen LogP contribution in [0.5, 0.6) is 0 Å². The van der Waals surface area contributed by atoms with Gasteiger partial charge in [-0.05, 0) is 19.9 Å². The maximum Gasteiger partial charge on any atom is 0.0797 e. The Kier molecular flexibility index (Phi) is 1.92. The average molecular weight is 168 g/mol. The van der Waals surface area contributed by atoms with Gasteiger partial charge in [0.15, 0.2) is 0 Å². The summed E-state index contributed by atoms with van der Waals surface area (Å²) in [5.74, 6) is 0. The van der Waals surface area contributed by atoms with Gasteiger partial charge in [-0.15, -0.1) is 11.3 Å². The van der Waals surface area contributed by atoms with E-state index in [2.05, 4.69) is 10.3 Å². The van der Waals surface area contributed by atoms with E-state index in [9.17, 15) is 0 Å². The molecule has 3 heteroatoms. The Morgan fingerprint density at radius 2 is 2.64 bits per heavy atom. The second-order valence-corrected chi connectivity index (χ2v) is 3.89. The van der Waals surface area contributed by atoms with Crippen LogP contribution >= 0.6 is 11.3 Å². The van der Waals surface area contributed by atoms with Crippen LogP contribution in [0.2, 0.25) is 0 Å². The minimum absolute atomic E-state index is 0.657. The first-order valence-electron chi connectivity index (χ1n) is 3.98. The standard InChI is InChI=1S/C8H12N2S/c1-9-6-2-3-8-7(4-6)10-5-11-8/h5-6,9H,2-4H2,1H3/t6-/m0/s1. The number of likely N-dealkylation sites (N-methyl/N-ethyl adjacent to an activating group) is 1. The van der Waals surface area contributed by atoms with Gasteiger partial charge >= 0.3 is 0 Å². The smallest absolute Gasteiger partial charge is 0.0797 e. The van der Waals surface area contributed by atoms with E-state index in [0.717, 1.165) is 6.42 Å². The molecule has 0 aromatic carbocycles. The SMILES string of the molecule is CN[C@H]1CCc2scnc2C1. The van der Waals surface area contributed by atoms with E-state index >= 15 is 0 Å². The van der Waals surface area contributed by atoms with Crippen molar-refractivity contribution in [2.45, 2.75) is 25.3 Å². The Morgan fingerprint density at radius 1 is 1.73 bits per heavy atom. The topological polar surface area (TPSA) is 24.9 Å². The minimum Gasteiger partial charge on any atom is -0.317 e. The number of aryl methyl sites for hydroxylation is 1. The van der Waals surface area contributed by atoms with Crippen molar-refractivity contribution in [2.75, 3.05) is 7.05 Å². The first-order chi connectivity index (χ1) is 5.40. The lowest BCUT2D eigenvalue weighted by Crippen LogP contribution is -2.31. The van der Waals surface area contributed by atoms with Gasteiger partial charge in [0.1, 0.15) is 0 Å². The van der Waals surface area contributed by atoms with E-state index in [1.807, 2.05) is 12.6 Å². The van der Waals surface area contributed by atoms with Crippen molar-refractivity contribution >= 4 is 11.3 Å². The van der Waals surface area contributed by atoms with Gasteiger partial charge in [-0.3, -0.25) is 0 Å². The summed E-state index contributed by atoms with van der Waals surface area (Å²) in [5, 5.41) is 3.30. The minimum atomic E-state index is 0.657. The number of thiazole rings is 1. The molecule has 1 N–H and O–H groups in total. The number of nitrogens with zero attached hydrogens (tertiary/aromatic N) is 1. The lowest BCUT2D eigenvalue weighted by Gasteiger charge is -2.19. The third-order valence-corrected chi connectivity index (χ3v) is 3.23. The molecular formula is C8H12N2S. The molecular weight excluding hydrogens is 156 g/mol. The summed E-state index contributed by atoms with van der Waals surface area (Å²) >= 11 is 1.80. The van der Waals surface area contributed by atoms with Crippen LogP contribution in [0.1, 0.15) is 17.0 Å². The van der Waals surface area contributed by atoms with E-state index in [1.54, 1.807) is 11.3 Å². The van der Waals surface area contributed by atoms with Crippen molar-refractivity contribution in [2.24, 2.45) is 0 Å². The van der Waals surface area contributed by atoms with Crippen LogP contribution in [0.4, 0.5) is 0 Å². The van der Waals surface area contributed by atoms with Crippen molar-refractivity contribution in [3.63, 3.8) is 0 Å². The van der Waals surface area contributed by atoms with Gasteiger partial charge in [0.25, 0.3) is 0 Å². The third kappa shape index (κ3) is 1.30. The van der Waals surface area contributed by atoms with E-state index in [1.165, 1.54) is 23.4 Å². The molecule has 0 fully saturated rings. The maximum absolute atomic E-state index is 4.33. The molecule has 1 aliphatic rings. The first-order valence-corrected chi connectivity index (χ1v) is 4.86. The van der Waals surface area contributed by atoms with E-state index in [-0.39, 0.29) is 0 Å². The highest BCUT2D eigenvalue weighted by molar-refractivity contribution is 7.09. The second kappa shape index (κ2) is 2.91. The van der Waals surface area contributed by atoms with Crippen molar-refractivity contribution in [1.29, 1.82) is 0 Å². The Bertz CT molecular complexity index is 244. The summed E-state index contributed by atoms with van der Waals surface area (Å²) in [6.45, 7) is 0. The summed E-state index contributed by atoms with van der Waals surface area (Å²) in [6.07, 6.45) is 3.60. The van der Waals surface area contributed by atoms with Crippen molar-refractivity contribution in [3.8, 4) is 0 Å². The zero-order chi connectivity index (χ0) is 7.68. The Labute approximate surface area is 70.7 Å². The van der Waals surface area contributed by atoms with Gasteiger partial charge in [-0.2, -0.15) is 0 Å². The third-order valence-electron chi connectivity index (χ3n) is 2.29. The van der Waals surface area contributed by atoms with Crippen LogP contribution in [-0.2, 0) is 12.8 Å². The molecule has 0 radical (unpaired) electrons. The predicted octanol–water partition coefficient (Wildman–Crippen LogP) is 1.22. The van der Waals surface area contributed by atoms with Gasteiger partial charge in [0.05, 0.1) is 11.2 Å². The molecule has 0 saturated heterocycles. The largest absolute Gasteiger partial charge is 0.317 e. The van der Waals surface area contributed by atoms with Crippen molar-refractivity contribution in [3.05, 3.63) is 16.1 Å². The van der Waals surface area contributed by atoms with Crippen LogP contribution < -0.4 is 5.32 Å². The molecule has 11 heavy (non-hydrogen) atoms. The summed E-state index contributed by atoms with van der Waals surface area (Å²) in [6, 6.07) is 0.657. The molecule has 1 aliphatic carbocycles. The zero-order valence-electron chi connectivity index (χ0n) is 6.63. The average Bonchev–Trinajstić information content (AvgIpc) is 2.50. The number of fused-ring (bicyclic) bond motifs is 1. The predicted molar refractivity (Wildman–Crippen MR) is 47.0 cm³/mol. The maximum atomic E-state index is 4.33. The van der Waals surface area contributed by atoms with Gasteiger partial charge in [-0.25, -0.2) is 4.98 Å². The number of hydrogen-bond acceptors (Lipinski definition) is 3. The fourth-order valence-corrected chi connectivity index (χ4v) is 2.37. The lowest BCUT2D eigenvalue weighted by molar-refractivity contribution is 0.494. The molecule has 0 amide bonds. The van der Waals surface area contributed by atoms with Gasteiger partial charge in [0, 0.05) is 17.3 Å². The molecule has 1 heterocycles. The van der Waals surface area contributed by atoms with Gasteiger partial charge in [-0.1, -0.05) is 0 Å². The van der Waals surface area contributed by atoms with Crippen molar-refractivity contribution < 1.29 is 0 Å². The zero-order valence-corrected chi connectivity index (χ0v) is 7.45. The first kappa shape index (κ1) is 7.25. The molecule has 1 atom stereocenters. The fraction of sp³-hybridized carbons (Fsp3) is 0.625. The highest BCUT2D eigenvalue weighted by atomic mass is 32.1. The van der Waals surface area contributed by atoms with Crippen LogP contribution in [0.15, 0.2) is 5.51 Å². The molecule has 1 aromatic heterocycles. The summed E-state index contributed by atoms with van der Waals surface area (Å²) < 4.78 is 0. The molecule has 2 nitrogen and oxygen atoms in total. The summed E-state index contributed by atoms with van der Waals surface area (Å²) in [4.78, 5) is 5.83. The molecule has 0 aliphatic heterocycles. The highest BCUT2D eigenvalue weighted by Crippen LogP contribution is 2.23. The number of hydrogen-bond donors (Lipinski definition) is 1. The number of aromatic nitrogens is 1. The van der Waals surface area contributed by atoms with E-state index in [0.29, 0.717) is 6.04 Å². The van der Waals surface area contributed by atoms with E-state index in [4.69, 9.17) is 0 Å². The van der Waals surface area contributed by atoms with E-state index < -0.39 is 0 Å². The van der Waals surface area contributed by atoms with Crippen LogP contribution in [0, 0.1) is 0 Å². The molecule has 1 aromatic rings. The van der Waals surface area contributed by atoms with Crippen molar-refractivity contribution in [1.82, 2.24) is 10.3 Å². The molecule has 60 valence electrons. The summed E-state index contributed by atoms with van der Waals surface area (Å²) in [7, 11) is 2.03. The van der Waals surface area contributed by atoms with Crippen LogP contribution in [-0.4, -0.2) is 18.1 Å². The molecule has 0 spiro atoms. The Hall–Kier alpha value is -0.410. The second-order valence-electron chi connectivity index (χ2n) is 2.95. The molecule has 2 rings (SSSR count).